The highest BCUT2D eigenvalue weighted by Gasteiger charge is 2.22. The summed E-state index contributed by atoms with van der Waals surface area (Å²) in [7, 11) is 3.11. The summed E-state index contributed by atoms with van der Waals surface area (Å²) in [6.07, 6.45) is 5.53. The van der Waals surface area contributed by atoms with Gasteiger partial charge in [0.05, 0.1) is 0 Å². The molecule has 0 radical (unpaired) electrons. The third-order valence-corrected chi connectivity index (χ3v) is 2.46. The molecule has 0 fully saturated rings. The average molecular weight is 276 g/mol. The van der Waals surface area contributed by atoms with Crippen molar-refractivity contribution in [2.75, 3.05) is 24.9 Å². The minimum Gasteiger partial charge on any atom is -0.357 e. The summed E-state index contributed by atoms with van der Waals surface area (Å²) in [5.41, 5.74) is 0. The molecule has 20 heavy (non-hydrogen) atoms. The predicted octanol–water partition coefficient (Wildman–Crippen LogP) is 0.736. The van der Waals surface area contributed by atoms with Gasteiger partial charge in [-0.25, -0.2) is 19.9 Å². The molecule has 106 valence electrons. The van der Waals surface area contributed by atoms with E-state index in [0.717, 1.165) is 0 Å². The van der Waals surface area contributed by atoms with Crippen molar-refractivity contribution in [3.8, 4) is 0 Å². The van der Waals surface area contributed by atoms with Crippen LogP contribution in [0.1, 0.15) is 0 Å². The Morgan fingerprint density at radius 1 is 0.750 bits per heavy atom. The van der Waals surface area contributed by atoms with Gasteiger partial charge in [0.15, 0.2) is 12.5 Å². The highest BCUT2D eigenvalue weighted by atomic mass is 16.5. The third-order valence-electron chi connectivity index (χ3n) is 2.46. The fourth-order valence-electron chi connectivity index (χ4n) is 1.52. The van der Waals surface area contributed by atoms with Crippen molar-refractivity contribution in [1.82, 2.24) is 19.9 Å². The summed E-state index contributed by atoms with van der Waals surface area (Å²) < 4.78 is 10.7. The first kappa shape index (κ1) is 14.1. The maximum atomic E-state index is 5.35. The number of nitrogens with one attached hydrogen (secondary N) is 2. The van der Waals surface area contributed by atoms with Gasteiger partial charge >= 0.3 is 0 Å². The molecule has 0 saturated heterocycles. The van der Waals surface area contributed by atoms with Crippen molar-refractivity contribution < 1.29 is 9.47 Å². The normalized spacial score (nSPS) is 13.5. The van der Waals surface area contributed by atoms with Crippen LogP contribution in [0.15, 0.2) is 36.9 Å². The molecule has 2 heterocycles. The fraction of sp³-hybridized carbons (Fsp3) is 0.333. The van der Waals surface area contributed by atoms with Gasteiger partial charge < -0.3 is 20.1 Å². The van der Waals surface area contributed by atoms with Crippen LogP contribution >= 0.6 is 0 Å². The van der Waals surface area contributed by atoms with E-state index in [-0.39, 0.29) is 0 Å². The second-order valence-electron chi connectivity index (χ2n) is 3.75. The number of ether oxygens (including phenoxy) is 2. The van der Waals surface area contributed by atoms with Gasteiger partial charge in [-0.2, -0.15) is 0 Å². The summed E-state index contributed by atoms with van der Waals surface area (Å²) in [5, 5.41) is 6.02. The average Bonchev–Trinajstić information content (AvgIpc) is 2.52. The molecular formula is C12H16N6O2. The molecule has 0 saturated carbocycles. The Hall–Kier alpha value is -2.32. The molecule has 0 aliphatic heterocycles. The molecule has 0 aliphatic rings. The van der Waals surface area contributed by atoms with Crippen LogP contribution in [0.25, 0.3) is 0 Å². The lowest BCUT2D eigenvalue weighted by Gasteiger charge is -2.26. The topological polar surface area (TPSA) is 94.1 Å². The number of hydrogen-bond acceptors (Lipinski definition) is 8. The number of aromatic nitrogens is 4. The molecule has 0 aromatic carbocycles. The SMILES string of the molecule is COC(Nc1ncccn1)C(Nc1ncccn1)OC. The van der Waals surface area contributed by atoms with Crippen LogP contribution in [0.5, 0.6) is 0 Å². The summed E-state index contributed by atoms with van der Waals surface area (Å²) >= 11 is 0. The van der Waals surface area contributed by atoms with E-state index < -0.39 is 12.5 Å². The number of rotatable bonds is 7. The van der Waals surface area contributed by atoms with Gasteiger partial charge in [-0.1, -0.05) is 0 Å². The van der Waals surface area contributed by atoms with E-state index in [9.17, 15) is 0 Å². The highest BCUT2D eigenvalue weighted by molar-refractivity contribution is 5.28. The molecule has 0 spiro atoms. The van der Waals surface area contributed by atoms with Gasteiger partial charge in [0.25, 0.3) is 0 Å². The number of nitrogens with zero attached hydrogens (tertiary/aromatic N) is 4. The van der Waals surface area contributed by atoms with E-state index in [4.69, 9.17) is 9.47 Å². The Morgan fingerprint density at radius 3 is 1.40 bits per heavy atom. The zero-order chi connectivity index (χ0) is 14.2. The Balaban J connectivity index is 2.04. The van der Waals surface area contributed by atoms with Crippen LogP contribution in [-0.4, -0.2) is 46.6 Å². The summed E-state index contributed by atoms with van der Waals surface area (Å²) in [6, 6.07) is 3.47. The molecule has 0 bridgehead atoms. The molecule has 2 atom stereocenters. The number of hydrogen-bond donors (Lipinski definition) is 2. The molecule has 0 amide bonds. The standard InChI is InChI=1S/C12H16N6O2/c1-19-9(17-11-13-5-3-6-14-11)10(20-2)18-12-15-7-4-8-16-12/h3-10H,1-2H3,(H,13,14,17)(H,15,16,18). The number of methoxy groups -OCH3 is 2. The van der Waals surface area contributed by atoms with E-state index in [2.05, 4.69) is 30.6 Å². The smallest absolute Gasteiger partial charge is 0.224 e. The van der Waals surface area contributed by atoms with Crippen LogP contribution in [-0.2, 0) is 9.47 Å². The van der Waals surface area contributed by atoms with Crippen LogP contribution in [0.3, 0.4) is 0 Å². The quantitative estimate of drug-likeness (QED) is 0.715. The zero-order valence-corrected chi connectivity index (χ0v) is 11.2. The van der Waals surface area contributed by atoms with Crippen LogP contribution in [0.4, 0.5) is 11.9 Å². The Bertz CT molecular complexity index is 450. The first-order chi connectivity index (χ1) is 9.83. The monoisotopic (exact) mass is 276 g/mol. The maximum Gasteiger partial charge on any atom is 0.224 e. The first-order valence-electron chi connectivity index (χ1n) is 5.96. The second kappa shape index (κ2) is 7.31. The summed E-state index contributed by atoms with van der Waals surface area (Å²) in [6.45, 7) is 0. The van der Waals surface area contributed by atoms with E-state index in [0.29, 0.717) is 11.9 Å². The van der Waals surface area contributed by atoms with E-state index in [1.807, 2.05) is 0 Å². The van der Waals surface area contributed by atoms with Crippen molar-refractivity contribution in [2.24, 2.45) is 0 Å². The van der Waals surface area contributed by atoms with E-state index >= 15 is 0 Å². The molecule has 2 aromatic heterocycles. The van der Waals surface area contributed by atoms with Crippen molar-refractivity contribution in [1.29, 1.82) is 0 Å². The lowest BCUT2D eigenvalue weighted by molar-refractivity contribution is -0.00651. The van der Waals surface area contributed by atoms with E-state index in [1.165, 1.54) is 0 Å². The van der Waals surface area contributed by atoms with Gasteiger partial charge in [-0.15, -0.1) is 0 Å². The van der Waals surface area contributed by atoms with Crippen LogP contribution < -0.4 is 10.6 Å². The van der Waals surface area contributed by atoms with E-state index in [1.54, 1.807) is 51.1 Å². The van der Waals surface area contributed by atoms with Crippen molar-refractivity contribution in [3.63, 3.8) is 0 Å². The molecule has 8 heteroatoms. The molecule has 2 N–H and O–H groups in total. The Labute approximate surface area is 116 Å². The van der Waals surface area contributed by atoms with Gasteiger partial charge in [0.1, 0.15) is 0 Å². The van der Waals surface area contributed by atoms with Crippen molar-refractivity contribution in [3.05, 3.63) is 36.9 Å². The van der Waals surface area contributed by atoms with Gasteiger partial charge in [0.2, 0.25) is 11.9 Å². The Kier molecular flexibility index (Phi) is 5.15. The minimum atomic E-state index is -0.508. The first-order valence-corrected chi connectivity index (χ1v) is 5.96. The molecule has 8 nitrogen and oxygen atoms in total. The number of anilines is 2. The molecule has 0 aliphatic carbocycles. The Morgan fingerprint density at radius 2 is 1.10 bits per heavy atom. The minimum absolute atomic E-state index is 0.442. The largest absolute Gasteiger partial charge is 0.357 e. The molecule has 2 unspecified atom stereocenters. The van der Waals surface area contributed by atoms with Crippen molar-refractivity contribution >= 4 is 11.9 Å². The van der Waals surface area contributed by atoms with Crippen molar-refractivity contribution in [2.45, 2.75) is 12.5 Å². The summed E-state index contributed by atoms with van der Waals surface area (Å²) in [5.74, 6) is 0.884. The molecule has 2 rings (SSSR count). The molecular weight excluding hydrogens is 260 g/mol. The predicted molar refractivity (Wildman–Crippen MR) is 72.9 cm³/mol. The third kappa shape index (κ3) is 3.84. The second-order valence-corrected chi connectivity index (χ2v) is 3.75. The fourth-order valence-corrected chi connectivity index (χ4v) is 1.52. The van der Waals surface area contributed by atoms with Gasteiger partial charge in [-0.3, -0.25) is 0 Å². The van der Waals surface area contributed by atoms with Crippen LogP contribution in [0.2, 0.25) is 0 Å². The van der Waals surface area contributed by atoms with Gasteiger partial charge in [0, 0.05) is 39.0 Å². The van der Waals surface area contributed by atoms with Crippen LogP contribution in [0, 0.1) is 0 Å². The molecule has 2 aromatic rings. The zero-order valence-electron chi connectivity index (χ0n) is 11.2. The highest BCUT2D eigenvalue weighted by Crippen LogP contribution is 2.08. The lowest BCUT2D eigenvalue weighted by Crippen LogP contribution is -2.42. The lowest BCUT2D eigenvalue weighted by atomic mass is 10.4. The van der Waals surface area contributed by atoms with Gasteiger partial charge in [-0.05, 0) is 12.1 Å². The maximum absolute atomic E-state index is 5.35. The summed E-state index contributed by atoms with van der Waals surface area (Å²) in [4.78, 5) is 16.3.